The molecule has 0 saturated heterocycles. The van der Waals surface area contributed by atoms with Crippen LogP contribution >= 0.6 is 11.8 Å². The quantitative estimate of drug-likeness (QED) is 0.561. The summed E-state index contributed by atoms with van der Waals surface area (Å²) in [6, 6.07) is 3.72. The lowest BCUT2D eigenvalue weighted by molar-refractivity contribution is -0.143. The Kier molecular flexibility index (Phi) is 6.95. The third-order valence-electron chi connectivity index (χ3n) is 2.39. The first-order valence-corrected chi connectivity index (χ1v) is 7.04. The van der Waals surface area contributed by atoms with Crippen molar-refractivity contribution in [3.63, 3.8) is 0 Å². The second-order valence-electron chi connectivity index (χ2n) is 3.84. The number of amides is 1. The normalized spacial score (nSPS) is 10.0. The molecule has 0 aromatic carbocycles. The molecule has 5 nitrogen and oxygen atoms in total. The van der Waals surface area contributed by atoms with E-state index in [1.54, 1.807) is 31.3 Å². The number of rotatable bonds is 7. The number of nitrogens with zero attached hydrogens (tertiary/aromatic N) is 2. The molecule has 19 heavy (non-hydrogen) atoms. The van der Waals surface area contributed by atoms with Crippen molar-refractivity contribution in [2.75, 3.05) is 26.0 Å². The molecular formula is C13H18N2O3S. The van der Waals surface area contributed by atoms with Crippen LogP contribution in [-0.4, -0.2) is 47.7 Å². The van der Waals surface area contributed by atoms with Gasteiger partial charge in [-0.25, -0.2) is 0 Å². The molecule has 0 fully saturated rings. The lowest BCUT2D eigenvalue weighted by atomic mass is 10.4. The van der Waals surface area contributed by atoms with E-state index in [-0.39, 0.29) is 18.3 Å². The van der Waals surface area contributed by atoms with Gasteiger partial charge >= 0.3 is 5.97 Å². The smallest absolute Gasteiger partial charge is 0.307 e. The number of carbonyl (C=O) groups excluding carboxylic acids is 2. The first-order chi connectivity index (χ1) is 9.13. The topological polar surface area (TPSA) is 59.5 Å². The van der Waals surface area contributed by atoms with E-state index in [9.17, 15) is 9.59 Å². The van der Waals surface area contributed by atoms with Crippen LogP contribution in [0.4, 0.5) is 0 Å². The van der Waals surface area contributed by atoms with Crippen molar-refractivity contribution in [1.29, 1.82) is 0 Å². The summed E-state index contributed by atoms with van der Waals surface area (Å²) in [7, 11) is 1.69. The Balaban J connectivity index is 2.27. The zero-order chi connectivity index (χ0) is 14.1. The number of hydrogen-bond donors (Lipinski definition) is 0. The Labute approximate surface area is 117 Å². The van der Waals surface area contributed by atoms with E-state index < -0.39 is 0 Å². The maximum Gasteiger partial charge on any atom is 0.307 e. The van der Waals surface area contributed by atoms with Gasteiger partial charge < -0.3 is 9.64 Å². The van der Waals surface area contributed by atoms with Gasteiger partial charge in [-0.2, -0.15) is 0 Å². The number of pyridine rings is 1. The molecule has 0 aliphatic rings. The summed E-state index contributed by atoms with van der Waals surface area (Å²) in [5, 5.41) is 0. The standard InChI is InChI=1S/C13H18N2O3S/c1-3-18-13(17)6-9-15(2)12(16)10-19-11-4-7-14-8-5-11/h4-5,7-8H,3,6,9-10H2,1-2H3. The van der Waals surface area contributed by atoms with Gasteiger partial charge in [0.15, 0.2) is 0 Å². The van der Waals surface area contributed by atoms with E-state index in [2.05, 4.69) is 4.98 Å². The summed E-state index contributed by atoms with van der Waals surface area (Å²) in [4.78, 5) is 29.5. The molecule has 0 N–H and O–H groups in total. The fourth-order valence-electron chi connectivity index (χ4n) is 1.31. The SMILES string of the molecule is CCOC(=O)CCN(C)C(=O)CSc1ccncc1. The van der Waals surface area contributed by atoms with E-state index in [0.717, 1.165) is 4.90 Å². The lowest BCUT2D eigenvalue weighted by Gasteiger charge is -2.16. The molecule has 0 spiro atoms. The van der Waals surface area contributed by atoms with E-state index in [1.807, 2.05) is 12.1 Å². The Hall–Kier alpha value is -1.56. The molecule has 1 heterocycles. The maximum atomic E-state index is 11.8. The van der Waals surface area contributed by atoms with Crippen LogP contribution < -0.4 is 0 Å². The monoisotopic (exact) mass is 282 g/mol. The minimum Gasteiger partial charge on any atom is -0.466 e. The van der Waals surface area contributed by atoms with Crippen LogP contribution in [0.15, 0.2) is 29.4 Å². The van der Waals surface area contributed by atoms with Gasteiger partial charge in [-0.1, -0.05) is 0 Å². The van der Waals surface area contributed by atoms with Gasteiger partial charge in [0, 0.05) is 30.9 Å². The molecule has 0 radical (unpaired) electrons. The molecule has 104 valence electrons. The summed E-state index contributed by atoms with van der Waals surface area (Å²) in [6.45, 7) is 2.51. The van der Waals surface area contributed by atoms with Crippen LogP contribution in [-0.2, 0) is 14.3 Å². The van der Waals surface area contributed by atoms with Crippen molar-refractivity contribution in [3.8, 4) is 0 Å². The summed E-state index contributed by atoms with van der Waals surface area (Å²) >= 11 is 1.45. The maximum absolute atomic E-state index is 11.8. The molecule has 0 atom stereocenters. The minimum absolute atomic E-state index is 0.00823. The Morgan fingerprint density at radius 2 is 2.05 bits per heavy atom. The third kappa shape index (κ3) is 6.24. The highest BCUT2D eigenvalue weighted by molar-refractivity contribution is 8.00. The van der Waals surface area contributed by atoms with E-state index in [0.29, 0.717) is 18.9 Å². The van der Waals surface area contributed by atoms with Crippen LogP contribution in [0.25, 0.3) is 0 Å². The first-order valence-electron chi connectivity index (χ1n) is 6.06. The second-order valence-corrected chi connectivity index (χ2v) is 4.89. The molecule has 0 aliphatic carbocycles. The van der Waals surface area contributed by atoms with Crippen molar-refractivity contribution in [2.24, 2.45) is 0 Å². The molecular weight excluding hydrogens is 264 g/mol. The summed E-state index contributed by atoms with van der Waals surface area (Å²) in [5.41, 5.74) is 0. The zero-order valence-electron chi connectivity index (χ0n) is 11.2. The van der Waals surface area contributed by atoms with Gasteiger partial charge in [-0.15, -0.1) is 11.8 Å². The number of aromatic nitrogens is 1. The summed E-state index contributed by atoms with van der Waals surface area (Å²) in [6.07, 6.45) is 3.62. The van der Waals surface area contributed by atoms with E-state index >= 15 is 0 Å². The average Bonchev–Trinajstić information content (AvgIpc) is 2.43. The zero-order valence-corrected chi connectivity index (χ0v) is 12.0. The van der Waals surface area contributed by atoms with Crippen molar-refractivity contribution < 1.29 is 14.3 Å². The van der Waals surface area contributed by atoms with Gasteiger partial charge in [0.25, 0.3) is 0 Å². The van der Waals surface area contributed by atoms with Crippen LogP contribution in [0.3, 0.4) is 0 Å². The lowest BCUT2D eigenvalue weighted by Crippen LogP contribution is -2.30. The van der Waals surface area contributed by atoms with Gasteiger partial charge in [-0.05, 0) is 19.1 Å². The predicted molar refractivity (Wildman–Crippen MR) is 73.8 cm³/mol. The highest BCUT2D eigenvalue weighted by atomic mass is 32.2. The summed E-state index contributed by atoms with van der Waals surface area (Å²) < 4.78 is 4.81. The minimum atomic E-state index is -0.274. The van der Waals surface area contributed by atoms with Crippen molar-refractivity contribution in [2.45, 2.75) is 18.2 Å². The van der Waals surface area contributed by atoms with Gasteiger partial charge in [-0.3, -0.25) is 14.6 Å². The molecule has 0 aliphatic heterocycles. The number of esters is 1. The molecule has 0 unspecified atom stereocenters. The van der Waals surface area contributed by atoms with Crippen LogP contribution in [0.1, 0.15) is 13.3 Å². The van der Waals surface area contributed by atoms with Crippen LogP contribution in [0.5, 0.6) is 0 Å². The van der Waals surface area contributed by atoms with E-state index in [4.69, 9.17) is 4.74 Å². The van der Waals surface area contributed by atoms with Gasteiger partial charge in [0.05, 0.1) is 18.8 Å². The van der Waals surface area contributed by atoms with Gasteiger partial charge in [0.2, 0.25) is 5.91 Å². The number of carbonyl (C=O) groups is 2. The van der Waals surface area contributed by atoms with Gasteiger partial charge in [0.1, 0.15) is 0 Å². The Morgan fingerprint density at radius 3 is 2.68 bits per heavy atom. The highest BCUT2D eigenvalue weighted by Gasteiger charge is 2.11. The summed E-state index contributed by atoms with van der Waals surface area (Å²) in [5.74, 6) is 0.0682. The Morgan fingerprint density at radius 1 is 1.37 bits per heavy atom. The molecule has 0 saturated carbocycles. The fourth-order valence-corrected chi connectivity index (χ4v) is 2.13. The number of thioether (sulfide) groups is 1. The average molecular weight is 282 g/mol. The number of ether oxygens (including phenoxy) is 1. The largest absolute Gasteiger partial charge is 0.466 e. The molecule has 1 amide bonds. The van der Waals surface area contributed by atoms with Crippen molar-refractivity contribution >= 4 is 23.6 Å². The van der Waals surface area contributed by atoms with Crippen molar-refractivity contribution in [3.05, 3.63) is 24.5 Å². The first kappa shape index (κ1) is 15.5. The predicted octanol–water partition coefficient (Wildman–Crippen LogP) is 1.59. The molecule has 6 heteroatoms. The fraction of sp³-hybridized carbons (Fsp3) is 0.462. The highest BCUT2D eigenvalue weighted by Crippen LogP contribution is 2.16. The number of hydrogen-bond acceptors (Lipinski definition) is 5. The molecule has 1 aromatic rings. The molecule has 1 aromatic heterocycles. The third-order valence-corrected chi connectivity index (χ3v) is 3.39. The second kappa shape index (κ2) is 8.53. The van der Waals surface area contributed by atoms with Crippen LogP contribution in [0, 0.1) is 0 Å². The van der Waals surface area contributed by atoms with E-state index in [1.165, 1.54) is 11.8 Å². The molecule has 0 bridgehead atoms. The molecule has 1 rings (SSSR count). The Bertz CT molecular complexity index is 412. The van der Waals surface area contributed by atoms with Crippen LogP contribution in [0.2, 0.25) is 0 Å². The van der Waals surface area contributed by atoms with Crippen molar-refractivity contribution in [1.82, 2.24) is 9.88 Å².